The van der Waals surface area contributed by atoms with E-state index in [0.717, 1.165) is 34.5 Å². The van der Waals surface area contributed by atoms with Gasteiger partial charge in [-0.1, -0.05) is 31.2 Å². The molecule has 240 valence electrons. The van der Waals surface area contributed by atoms with E-state index >= 15 is 0 Å². The van der Waals surface area contributed by atoms with Gasteiger partial charge in [-0.3, -0.25) is 4.79 Å². The van der Waals surface area contributed by atoms with Crippen LogP contribution in [0.15, 0.2) is 85.5 Å². The normalized spacial score (nSPS) is 18.3. The van der Waals surface area contributed by atoms with Crippen LogP contribution in [0, 0.1) is 28.8 Å². The number of thioether (sulfide) groups is 1. The lowest BCUT2D eigenvalue weighted by atomic mass is 9.90. The van der Waals surface area contributed by atoms with E-state index in [0.29, 0.717) is 5.56 Å². The Hall–Kier alpha value is -4.74. The van der Waals surface area contributed by atoms with Gasteiger partial charge in [-0.2, -0.15) is 10.4 Å². The molecule has 1 aromatic heterocycles. The average molecular weight is 660 g/mol. The van der Waals surface area contributed by atoms with Gasteiger partial charge in [-0.25, -0.2) is 22.8 Å². The highest BCUT2D eigenvalue weighted by Crippen LogP contribution is 2.40. The van der Waals surface area contributed by atoms with Crippen molar-refractivity contribution in [1.82, 2.24) is 14.8 Å². The van der Waals surface area contributed by atoms with Crippen molar-refractivity contribution in [2.24, 2.45) is 0 Å². The van der Waals surface area contributed by atoms with Gasteiger partial charge in [-0.05, 0) is 53.2 Å². The van der Waals surface area contributed by atoms with Crippen LogP contribution in [0.4, 0.5) is 18.9 Å². The van der Waals surface area contributed by atoms with Gasteiger partial charge < -0.3 is 19.9 Å². The van der Waals surface area contributed by atoms with Crippen LogP contribution in [0.1, 0.15) is 40.3 Å². The van der Waals surface area contributed by atoms with Crippen LogP contribution < -0.4 is 5.32 Å². The fourth-order valence-corrected chi connectivity index (χ4v) is 6.74. The third kappa shape index (κ3) is 7.01. The van der Waals surface area contributed by atoms with Crippen molar-refractivity contribution in [1.29, 1.82) is 5.26 Å². The summed E-state index contributed by atoms with van der Waals surface area (Å²) in [6, 6.07) is 19.4. The number of hydrogen-bond donors (Lipinski definition) is 2. The maximum absolute atomic E-state index is 14.9. The van der Waals surface area contributed by atoms with Crippen LogP contribution in [0.2, 0.25) is 0 Å². The second-order valence-corrected chi connectivity index (χ2v) is 12.8. The molecule has 2 unspecified atom stereocenters. The summed E-state index contributed by atoms with van der Waals surface area (Å²) in [5.74, 6) is -2.80. The molecule has 0 spiro atoms. The highest BCUT2D eigenvalue weighted by Gasteiger charge is 2.41. The highest BCUT2D eigenvalue weighted by atomic mass is 32.2. The molecule has 1 aliphatic heterocycles. The number of nitrogens with one attached hydrogen (secondary N) is 1. The van der Waals surface area contributed by atoms with Crippen molar-refractivity contribution in [3.05, 3.63) is 125 Å². The van der Waals surface area contributed by atoms with Crippen molar-refractivity contribution in [2.45, 2.75) is 35.9 Å². The van der Waals surface area contributed by atoms with E-state index in [-0.39, 0.29) is 41.8 Å². The van der Waals surface area contributed by atoms with Crippen molar-refractivity contribution in [3.63, 3.8) is 0 Å². The third-order valence-electron chi connectivity index (χ3n) is 7.95. The Morgan fingerprint density at radius 2 is 1.83 bits per heavy atom. The lowest BCUT2D eigenvalue weighted by Gasteiger charge is -2.37. The summed E-state index contributed by atoms with van der Waals surface area (Å²) in [7, 11) is 0. The minimum Gasteiger partial charge on any atom is -0.382 e. The van der Waals surface area contributed by atoms with Gasteiger partial charge in [0.25, 0.3) is 5.91 Å². The zero-order valence-electron chi connectivity index (χ0n) is 24.9. The fraction of sp³-hybridized carbons (Fsp3) is 0.235. The van der Waals surface area contributed by atoms with Crippen LogP contribution in [-0.4, -0.2) is 49.5 Å². The molecular weight excluding hydrogens is 631 g/mol. The molecule has 0 bridgehead atoms. The number of fused-ring (bicyclic) bond motifs is 1. The van der Waals surface area contributed by atoms with Gasteiger partial charge in [0, 0.05) is 28.0 Å². The Morgan fingerprint density at radius 3 is 2.53 bits per heavy atom. The van der Waals surface area contributed by atoms with E-state index in [9.17, 15) is 23.1 Å². The van der Waals surface area contributed by atoms with Gasteiger partial charge in [0.2, 0.25) is 0 Å². The summed E-state index contributed by atoms with van der Waals surface area (Å²) in [5, 5.41) is 28.1. The molecule has 1 aliphatic rings. The molecule has 0 radical (unpaired) electrons. The van der Waals surface area contributed by atoms with Crippen molar-refractivity contribution in [2.75, 3.05) is 18.5 Å². The highest BCUT2D eigenvalue weighted by molar-refractivity contribution is 8.00. The van der Waals surface area contributed by atoms with E-state index in [1.54, 1.807) is 25.1 Å². The first-order chi connectivity index (χ1) is 22.6. The first-order valence-electron chi connectivity index (χ1n) is 14.6. The second kappa shape index (κ2) is 13.5. The summed E-state index contributed by atoms with van der Waals surface area (Å²) in [6.07, 6.45) is 2.07. The molecule has 6 rings (SSSR count). The summed E-state index contributed by atoms with van der Waals surface area (Å²) in [4.78, 5) is 16.7. The van der Waals surface area contributed by atoms with Crippen LogP contribution in [0.5, 0.6) is 0 Å². The number of rotatable bonds is 9. The van der Waals surface area contributed by atoms with Crippen molar-refractivity contribution >= 4 is 34.1 Å². The van der Waals surface area contributed by atoms with Gasteiger partial charge in [0.15, 0.2) is 6.29 Å². The predicted octanol–water partition coefficient (Wildman–Crippen LogP) is 6.10. The SMILES string of the molecule is CC(SC1COC(c2ccc3cc(C(=O)Nc4ccc(C#N)cc4F)ccc3c2)OC1)C(O)(Cn1cncn1)c1ccc(F)cc1F. The van der Waals surface area contributed by atoms with Gasteiger partial charge in [-0.15, -0.1) is 11.8 Å². The lowest BCUT2D eigenvalue weighted by Crippen LogP contribution is -2.43. The summed E-state index contributed by atoms with van der Waals surface area (Å²) in [6.45, 7) is 2.23. The Bertz CT molecular complexity index is 1960. The largest absolute Gasteiger partial charge is 0.382 e. The number of carbonyl (C=O) groups excluding carboxylic acids is 1. The molecule has 2 heterocycles. The quantitative estimate of drug-likeness (QED) is 0.195. The number of carbonyl (C=O) groups is 1. The molecule has 5 aromatic rings. The number of nitriles is 1. The number of halogens is 3. The van der Waals surface area contributed by atoms with E-state index in [1.165, 1.54) is 47.3 Å². The summed E-state index contributed by atoms with van der Waals surface area (Å²) >= 11 is 1.37. The molecule has 9 nitrogen and oxygen atoms in total. The monoisotopic (exact) mass is 659 g/mol. The van der Waals surface area contributed by atoms with Gasteiger partial charge in [0.1, 0.15) is 35.7 Å². The topological polar surface area (TPSA) is 122 Å². The molecule has 2 N–H and O–H groups in total. The molecule has 0 aliphatic carbocycles. The predicted molar refractivity (Wildman–Crippen MR) is 169 cm³/mol. The van der Waals surface area contributed by atoms with Gasteiger partial charge in [0.05, 0.1) is 42.3 Å². The summed E-state index contributed by atoms with van der Waals surface area (Å²) in [5.41, 5.74) is -0.578. The molecule has 4 aromatic carbocycles. The van der Waals surface area contributed by atoms with E-state index < -0.39 is 40.5 Å². The number of ether oxygens (including phenoxy) is 2. The Labute approximate surface area is 271 Å². The Kier molecular flexibility index (Phi) is 9.28. The van der Waals surface area contributed by atoms with E-state index in [2.05, 4.69) is 15.4 Å². The van der Waals surface area contributed by atoms with Crippen LogP contribution in [-0.2, 0) is 21.6 Å². The number of aromatic nitrogens is 3. The minimum atomic E-state index is -1.75. The lowest BCUT2D eigenvalue weighted by molar-refractivity contribution is -0.179. The maximum Gasteiger partial charge on any atom is 0.255 e. The Morgan fingerprint density at radius 1 is 1.06 bits per heavy atom. The molecule has 13 heteroatoms. The first kappa shape index (κ1) is 32.2. The number of aliphatic hydroxyl groups is 1. The smallest absolute Gasteiger partial charge is 0.255 e. The maximum atomic E-state index is 14.9. The number of benzene rings is 4. The van der Waals surface area contributed by atoms with Gasteiger partial charge >= 0.3 is 0 Å². The van der Waals surface area contributed by atoms with Crippen molar-refractivity contribution in [3.8, 4) is 6.07 Å². The molecule has 1 fully saturated rings. The zero-order valence-corrected chi connectivity index (χ0v) is 25.8. The number of hydrogen-bond acceptors (Lipinski definition) is 8. The molecular formula is C34H28F3N5O4S. The second-order valence-electron chi connectivity index (χ2n) is 11.1. The molecule has 1 saturated heterocycles. The summed E-state index contributed by atoms with van der Waals surface area (Å²) < 4.78 is 56.3. The zero-order chi connectivity index (χ0) is 33.1. The number of amides is 1. The van der Waals surface area contributed by atoms with E-state index in [1.807, 2.05) is 24.3 Å². The average Bonchev–Trinajstić information content (AvgIpc) is 3.58. The van der Waals surface area contributed by atoms with Crippen molar-refractivity contribution < 1.29 is 32.5 Å². The fourth-order valence-electron chi connectivity index (χ4n) is 5.43. The number of nitrogens with zero attached hydrogens (tertiary/aromatic N) is 4. The first-order valence-corrected chi connectivity index (χ1v) is 15.5. The van der Waals surface area contributed by atoms with Crippen LogP contribution in [0.3, 0.4) is 0 Å². The molecule has 1 amide bonds. The minimum absolute atomic E-state index is 0.0237. The molecule has 0 saturated carbocycles. The van der Waals surface area contributed by atoms with E-state index in [4.69, 9.17) is 14.7 Å². The van der Waals surface area contributed by atoms with Crippen LogP contribution >= 0.6 is 11.8 Å². The Balaban J connectivity index is 1.10. The van der Waals surface area contributed by atoms with Crippen LogP contribution in [0.25, 0.3) is 10.8 Å². The molecule has 2 atom stereocenters. The molecule has 47 heavy (non-hydrogen) atoms. The number of anilines is 1. The third-order valence-corrected chi connectivity index (χ3v) is 9.40. The standard InChI is InChI=1S/C34H28F3N5O4S/c1-20(34(44,17-42-19-39-18-40-42)28-8-7-26(35)13-29(28)36)47-27-15-45-33(46-16-27)25-6-4-22-11-24(5-3-23(22)12-25)32(43)41-31-9-2-21(14-38)10-30(31)37/h2-13,18-20,27,33,44H,15-17H2,1H3,(H,41,43).